The van der Waals surface area contributed by atoms with Crippen LogP contribution in [0.2, 0.25) is 0 Å². The van der Waals surface area contributed by atoms with E-state index in [2.05, 4.69) is 37.6 Å². The zero-order valence-electron chi connectivity index (χ0n) is 21.7. The molecule has 1 saturated heterocycles. The molecule has 0 aliphatic carbocycles. The van der Waals surface area contributed by atoms with Crippen molar-refractivity contribution in [2.24, 2.45) is 0 Å². The molecule has 3 heterocycles. The molecule has 0 bridgehead atoms. The fourth-order valence-corrected chi connectivity index (χ4v) is 4.90. The lowest BCUT2D eigenvalue weighted by Gasteiger charge is -2.32. The molecule has 0 saturated carbocycles. The average molecular weight is 517 g/mol. The van der Waals surface area contributed by atoms with Gasteiger partial charge in [-0.25, -0.2) is 18.7 Å². The molecule has 1 aliphatic rings. The summed E-state index contributed by atoms with van der Waals surface area (Å²) in [6.07, 6.45) is 5.40. The fraction of sp³-hybridized carbons (Fsp3) is 0.321. The highest BCUT2D eigenvalue weighted by molar-refractivity contribution is 6.00. The lowest BCUT2D eigenvalue weighted by Crippen LogP contribution is -2.44. The maximum Gasteiger partial charge on any atom is 0.323 e. The minimum absolute atomic E-state index is 0.135. The summed E-state index contributed by atoms with van der Waals surface area (Å²) in [6.45, 7) is 7.28. The second kappa shape index (κ2) is 11.2. The Morgan fingerprint density at radius 2 is 1.84 bits per heavy atom. The number of aromatic nitrogens is 3. The van der Waals surface area contributed by atoms with Gasteiger partial charge in [0.25, 0.3) is 0 Å². The number of nitrogen functional groups attached to an aromatic ring is 1. The molecular formula is C28H33FN8O. The van der Waals surface area contributed by atoms with Crippen molar-refractivity contribution >= 4 is 28.7 Å². The number of benzene rings is 2. The van der Waals surface area contributed by atoms with Crippen molar-refractivity contribution in [2.45, 2.75) is 19.8 Å². The van der Waals surface area contributed by atoms with Crippen LogP contribution in [0.3, 0.4) is 0 Å². The number of anilines is 3. The molecule has 2 aromatic heterocycles. The third-order valence-electron chi connectivity index (χ3n) is 7.00. The van der Waals surface area contributed by atoms with Crippen molar-refractivity contribution in [2.75, 3.05) is 56.1 Å². The van der Waals surface area contributed by atoms with Crippen LogP contribution in [0.1, 0.15) is 17.5 Å². The summed E-state index contributed by atoms with van der Waals surface area (Å²) in [5.41, 5.74) is 11.7. The number of piperazine rings is 1. The zero-order chi connectivity index (χ0) is 26.6. The van der Waals surface area contributed by atoms with Gasteiger partial charge in [-0.05, 0) is 74.3 Å². The maximum atomic E-state index is 14.0. The SMILES string of the molecule is Cc1ccc(F)c(NC(=O)Nc2ccc(-c3c(CCCN4CCN(C)CC4)cn4ncnc(N)c34)cc2)c1. The number of rotatable bonds is 7. The number of carbonyl (C=O) groups excluding carboxylic acids is 1. The summed E-state index contributed by atoms with van der Waals surface area (Å²) in [4.78, 5) is 21.6. The Morgan fingerprint density at radius 1 is 1.08 bits per heavy atom. The van der Waals surface area contributed by atoms with E-state index >= 15 is 0 Å². The van der Waals surface area contributed by atoms with Gasteiger partial charge in [0.15, 0.2) is 5.82 Å². The van der Waals surface area contributed by atoms with Crippen molar-refractivity contribution in [3.05, 3.63) is 71.9 Å². The summed E-state index contributed by atoms with van der Waals surface area (Å²) in [7, 11) is 2.17. The number of nitrogens with two attached hydrogens (primary N) is 1. The second-order valence-corrected chi connectivity index (χ2v) is 9.86. The number of hydrogen-bond acceptors (Lipinski definition) is 6. The van der Waals surface area contributed by atoms with Crippen LogP contribution in [-0.4, -0.2) is 70.2 Å². The summed E-state index contributed by atoms with van der Waals surface area (Å²) >= 11 is 0. The van der Waals surface area contributed by atoms with Gasteiger partial charge in [0.1, 0.15) is 17.7 Å². The van der Waals surface area contributed by atoms with Gasteiger partial charge < -0.3 is 26.2 Å². The number of nitrogens with one attached hydrogen (secondary N) is 2. The van der Waals surface area contributed by atoms with Gasteiger partial charge in [-0.3, -0.25) is 0 Å². The summed E-state index contributed by atoms with van der Waals surface area (Å²) < 4.78 is 15.8. The molecule has 0 unspecified atom stereocenters. The number of amides is 2. The molecule has 4 N–H and O–H groups in total. The summed E-state index contributed by atoms with van der Waals surface area (Å²) in [6, 6.07) is 11.6. The molecule has 2 amide bonds. The quantitative estimate of drug-likeness (QED) is 0.339. The van der Waals surface area contributed by atoms with Gasteiger partial charge in [0.2, 0.25) is 0 Å². The highest BCUT2D eigenvalue weighted by Gasteiger charge is 2.18. The highest BCUT2D eigenvalue weighted by atomic mass is 19.1. The van der Waals surface area contributed by atoms with Gasteiger partial charge in [-0.15, -0.1) is 0 Å². The van der Waals surface area contributed by atoms with E-state index in [1.165, 1.54) is 12.4 Å². The number of halogens is 1. The van der Waals surface area contributed by atoms with Crippen LogP contribution in [-0.2, 0) is 6.42 Å². The van der Waals surface area contributed by atoms with E-state index in [-0.39, 0.29) is 5.69 Å². The lowest BCUT2D eigenvalue weighted by molar-refractivity contribution is 0.153. The largest absolute Gasteiger partial charge is 0.382 e. The highest BCUT2D eigenvalue weighted by Crippen LogP contribution is 2.34. The first kappa shape index (κ1) is 25.6. The van der Waals surface area contributed by atoms with Crippen molar-refractivity contribution in [3.63, 3.8) is 0 Å². The Kier molecular flexibility index (Phi) is 7.52. The van der Waals surface area contributed by atoms with Gasteiger partial charge in [0, 0.05) is 43.6 Å². The van der Waals surface area contributed by atoms with Crippen LogP contribution in [0, 0.1) is 12.7 Å². The molecule has 9 nitrogen and oxygen atoms in total. The van der Waals surface area contributed by atoms with E-state index in [9.17, 15) is 9.18 Å². The van der Waals surface area contributed by atoms with Crippen molar-refractivity contribution < 1.29 is 9.18 Å². The lowest BCUT2D eigenvalue weighted by atomic mass is 9.99. The Bertz CT molecular complexity index is 1430. The number of likely N-dealkylation sites (N-methyl/N-ethyl adjacent to an activating group) is 1. The van der Waals surface area contributed by atoms with Crippen LogP contribution in [0.4, 0.5) is 26.4 Å². The van der Waals surface area contributed by atoms with Gasteiger partial charge in [-0.1, -0.05) is 18.2 Å². The smallest absolute Gasteiger partial charge is 0.323 e. The van der Waals surface area contributed by atoms with E-state index < -0.39 is 11.8 Å². The molecule has 0 atom stereocenters. The van der Waals surface area contributed by atoms with E-state index in [4.69, 9.17) is 5.73 Å². The molecule has 1 fully saturated rings. The first-order valence-electron chi connectivity index (χ1n) is 12.8. The Labute approximate surface area is 221 Å². The van der Waals surface area contributed by atoms with Crippen molar-refractivity contribution in [3.8, 4) is 11.1 Å². The van der Waals surface area contributed by atoms with Gasteiger partial charge in [-0.2, -0.15) is 5.10 Å². The van der Waals surface area contributed by atoms with Crippen molar-refractivity contribution in [1.29, 1.82) is 0 Å². The van der Waals surface area contributed by atoms with Crippen molar-refractivity contribution in [1.82, 2.24) is 24.4 Å². The Morgan fingerprint density at radius 3 is 2.61 bits per heavy atom. The predicted molar refractivity (Wildman–Crippen MR) is 149 cm³/mol. The number of hydrogen-bond donors (Lipinski definition) is 3. The Hall–Kier alpha value is -4.02. The third-order valence-corrected chi connectivity index (χ3v) is 7.00. The van der Waals surface area contributed by atoms with E-state index in [0.29, 0.717) is 11.5 Å². The van der Waals surface area contributed by atoms with Crippen LogP contribution in [0.25, 0.3) is 16.6 Å². The average Bonchev–Trinajstić information content (AvgIpc) is 3.27. The normalized spacial score (nSPS) is 14.6. The maximum absolute atomic E-state index is 14.0. The topological polar surface area (TPSA) is 104 Å². The molecular weight excluding hydrogens is 483 g/mol. The van der Waals surface area contributed by atoms with Crippen LogP contribution in [0.15, 0.2) is 55.0 Å². The zero-order valence-corrected chi connectivity index (χ0v) is 21.7. The summed E-state index contributed by atoms with van der Waals surface area (Å²) in [5.74, 6) is -0.0660. The molecule has 0 spiro atoms. The minimum atomic E-state index is -0.515. The molecule has 38 heavy (non-hydrogen) atoms. The molecule has 1 aliphatic heterocycles. The second-order valence-electron chi connectivity index (χ2n) is 9.86. The first-order valence-corrected chi connectivity index (χ1v) is 12.8. The number of urea groups is 1. The molecule has 2 aromatic carbocycles. The molecule has 198 valence electrons. The van der Waals surface area contributed by atoms with Gasteiger partial charge >= 0.3 is 6.03 Å². The predicted octanol–water partition coefficient (Wildman–Crippen LogP) is 4.25. The number of carbonyl (C=O) groups is 1. The van der Waals surface area contributed by atoms with Crippen LogP contribution >= 0.6 is 0 Å². The minimum Gasteiger partial charge on any atom is -0.382 e. The number of aryl methyl sites for hydroxylation is 2. The van der Waals surface area contributed by atoms with Crippen LogP contribution < -0.4 is 16.4 Å². The Balaban J connectivity index is 1.32. The first-order chi connectivity index (χ1) is 18.4. The van der Waals surface area contributed by atoms with Crippen LogP contribution in [0.5, 0.6) is 0 Å². The number of nitrogens with zero attached hydrogens (tertiary/aromatic N) is 5. The third kappa shape index (κ3) is 5.76. The monoisotopic (exact) mass is 516 g/mol. The number of fused-ring (bicyclic) bond motifs is 1. The standard InChI is InChI=1S/C28H33FN8O/c1-19-5-10-23(29)24(16-19)34-28(38)33-22-8-6-20(7-9-22)25-21(17-37-26(25)27(30)31-18-32-37)4-3-11-36-14-12-35(2)13-15-36/h5-10,16-18H,3-4,11-15H2,1-2H3,(H2,30,31,32)(H2,33,34,38). The molecule has 4 aromatic rings. The van der Waals surface area contributed by atoms with Gasteiger partial charge in [0.05, 0.1) is 5.69 Å². The molecule has 5 rings (SSSR count). The molecule has 0 radical (unpaired) electrons. The van der Waals surface area contributed by atoms with E-state index in [1.54, 1.807) is 16.6 Å². The van der Waals surface area contributed by atoms with E-state index in [1.807, 2.05) is 37.4 Å². The van der Waals surface area contributed by atoms with E-state index in [0.717, 1.165) is 73.3 Å². The summed E-state index contributed by atoms with van der Waals surface area (Å²) in [5, 5.41) is 9.71. The molecule has 10 heteroatoms. The fourth-order valence-electron chi connectivity index (χ4n) is 4.90.